The Morgan fingerprint density at radius 1 is 0.827 bits per heavy atom. The summed E-state index contributed by atoms with van der Waals surface area (Å²) in [7, 11) is -2.53. The first kappa shape index (κ1) is 41.5. The highest BCUT2D eigenvalue weighted by molar-refractivity contribution is 7.99. The molecule has 1 saturated heterocycles. The molecule has 3 aromatic carbocycles. The SMILES string of the molecule is CC(=O)CCC(=O)O[C@@H]1[C@@H](OCc2ccccc2)[C@H](O[Si](C)(C)C(C)(C)C)[C@@H](COC(=O)c2ccccc2)O[C@H]1Sc1cc(C(C)(C)C)ccc1C. The van der Waals surface area contributed by atoms with Crippen LogP contribution in [0, 0.1) is 6.92 Å². The van der Waals surface area contributed by atoms with Crippen molar-refractivity contribution in [3.8, 4) is 0 Å². The maximum atomic E-state index is 13.5. The van der Waals surface area contributed by atoms with Crippen molar-refractivity contribution in [1.29, 1.82) is 0 Å². The van der Waals surface area contributed by atoms with Crippen molar-refractivity contribution in [2.45, 2.75) is 133 Å². The normalized spacial score (nSPS) is 21.0. The lowest BCUT2D eigenvalue weighted by Gasteiger charge is -2.49. The largest absolute Gasteiger partial charge is 0.459 e. The average molecular weight is 749 g/mol. The van der Waals surface area contributed by atoms with Crippen molar-refractivity contribution >= 4 is 37.8 Å². The lowest BCUT2D eigenvalue weighted by molar-refractivity contribution is -0.229. The van der Waals surface area contributed by atoms with Gasteiger partial charge in [-0.15, -0.1) is 0 Å². The molecule has 0 aliphatic carbocycles. The summed E-state index contributed by atoms with van der Waals surface area (Å²) < 4.78 is 33.1. The van der Waals surface area contributed by atoms with E-state index in [-0.39, 0.29) is 42.3 Å². The fourth-order valence-electron chi connectivity index (χ4n) is 5.47. The van der Waals surface area contributed by atoms with Crippen LogP contribution >= 0.6 is 11.8 Å². The minimum atomic E-state index is -2.53. The van der Waals surface area contributed by atoms with Gasteiger partial charge in [0.1, 0.15) is 36.1 Å². The standard InChI is InChI=1S/C42H56O8SSi/c1-28-21-23-32(41(3,4)5)25-34(28)51-40-38(49-35(44)24-22-29(2)43)37(46-26-30-17-13-11-14-18-30)36(50-52(9,10)42(6,7)8)33(48-40)27-47-39(45)31-19-15-12-16-20-31/h11-21,23,25,33,36-38,40H,22,24,26-27H2,1-10H3/t33-,36-,37+,38-,40+/m1/s1. The van der Waals surface area contributed by atoms with Gasteiger partial charge in [-0.25, -0.2) is 4.79 Å². The van der Waals surface area contributed by atoms with E-state index in [1.807, 2.05) is 43.3 Å². The Morgan fingerprint density at radius 3 is 2.06 bits per heavy atom. The number of thioether (sulfide) groups is 1. The second kappa shape index (κ2) is 17.7. The number of esters is 2. The molecular formula is C42H56O8SSi. The van der Waals surface area contributed by atoms with Crippen molar-refractivity contribution in [2.75, 3.05) is 6.61 Å². The molecule has 3 aromatic rings. The Kier molecular flexibility index (Phi) is 14.1. The van der Waals surface area contributed by atoms with E-state index in [1.165, 1.54) is 18.7 Å². The molecule has 1 fully saturated rings. The smallest absolute Gasteiger partial charge is 0.338 e. The zero-order valence-electron chi connectivity index (χ0n) is 32.4. The van der Waals surface area contributed by atoms with Gasteiger partial charge >= 0.3 is 11.9 Å². The summed E-state index contributed by atoms with van der Waals surface area (Å²) in [5.74, 6) is -1.11. The number of ether oxygens (including phenoxy) is 4. The lowest BCUT2D eigenvalue weighted by atomic mass is 9.87. The van der Waals surface area contributed by atoms with Crippen molar-refractivity contribution in [3.05, 3.63) is 101 Å². The third-order valence-electron chi connectivity index (χ3n) is 9.75. The number of carbonyl (C=O) groups excluding carboxylic acids is 3. The van der Waals surface area contributed by atoms with E-state index in [1.54, 1.807) is 24.3 Å². The van der Waals surface area contributed by atoms with Gasteiger partial charge in [0.25, 0.3) is 0 Å². The predicted molar refractivity (Wildman–Crippen MR) is 208 cm³/mol. The topological polar surface area (TPSA) is 97.4 Å². The van der Waals surface area contributed by atoms with Crippen molar-refractivity contribution in [3.63, 3.8) is 0 Å². The average Bonchev–Trinajstić information content (AvgIpc) is 3.07. The minimum Gasteiger partial charge on any atom is -0.459 e. The third kappa shape index (κ3) is 11.4. The molecular weight excluding hydrogens is 693 g/mol. The monoisotopic (exact) mass is 748 g/mol. The zero-order chi connectivity index (χ0) is 38.3. The van der Waals surface area contributed by atoms with E-state index in [0.717, 1.165) is 21.6 Å². The van der Waals surface area contributed by atoms with E-state index < -0.39 is 50.1 Å². The Bertz CT molecular complexity index is 1650. The van der Waals surface area contributed by atoms with E-state index in [9.17, 15) is 14.4 Å². The summed E-state index contributed by atoms with van der Waals surface area (Å²) in [5, 5.41) is -0.188. The Labute approximate surface area is 315 Å². The van der Waals surface area contributed by atoms with E-state index in [4.69, 9.17) is 23.4 Å². The van der Waals surface area contributed by atoms with Crippen LogP contribution in [0.3, 0.4) is 0 Å². The van der Waals surface area contributed by atoms with Gasteiger partial charge in [0.05, 0.1) is 18.6 Å². The van der Waals surface area contributed by atoms with Gasteiger partial charge in [-0.2, -0.15) is 0 Å². The van der Waals surface area contributed by atoms with Crippen molar-refractivity contribution < 1.29 is 37.8 Å². The van der Waals surface area contributed by atoms with E-state index >= 15 is 0 Å². The number of ketones is 1. The van der Waals surface area contributed by atoms with Crippen molar-refractivity contribution in [2.24, 2.45) is 0 Å². The first-order valence-electron chi connectivity index (χ1n) is 18.0. The number of hydrogen-bond acceptors (Lipinski definition) is 9. The number of carbonyl (C=O) groups is 3. The minimum absolute atomic E-state index is 0.0639. The molecule has 0 spiro atoms. The number of hydrogen-bond donors (Lipinski definition) is 0. The van der Waals surface area contributed by atoms with Crippen LogP contribution in [0.4, 0.5) is 0 Å². The van der Waals surface area contributed by atoms with Gasteiger partial charge in [-0.05, 0) is 72.3 Å². The first-order valence-corrected chi connectivity index (χ1v) is 21.8. The first-order chi connectivity index (χ1) is 24.4. The molecule has 5 atom stereocenters. The molecule has 0 bridgehead atoms. The number of aryl methyl sites for hydroxylation is 1. The van der Waals surface area contributed by atoms with Gasteiger partial charge in [0, 0.05) is 11.3 Å². The molecule has 0 saturated carbocycles. The Morgan fingerprint density at radius 2 is 1.46 bits per heavy atom. The quantitative estimate of drug-likeness (QED) is 0.118. The summed E-state index contributed by atoms with van der Waals surface area (Å²) >= 11 is 1.45. The number of rotatable bonds is 14. The maximum Gasteiger partial charge on any atom is 0.338 e. The molecule has 10 heteroatoms. The molecule has 0 aromatic heterocycles. The highest BCUT2D eigenvalue weighted by Crippen LogP contribution is 2.44. The third-order valence-corrected chi connectivity index (χ3v) is 15.5. The molecule has 8 nitrogen and oxygen atoms in total. The molecule has 0 N–H and O–H groups in total. The molecule has 1 aliphatic heterocycles. The van der Waals surface area contributed by atoms with Crippen molar-refractivity contribution in [1.82, 2.24) is 0 Å². The summed E-state index contributed by atoms with van der Waals surface area (Å²) in [6.07, 6.45) is -3.28. The highest BCUT2D eigenvalue weighted by Gasteiger charge is 2.53. The molecule has 282 valence electrons. The van der Waals surface area contributed by atoms with Crippen LogP contribution in [0.2, 0.25) is 18.1 Å². The van der Waals surface area contributed by atoms with E-state index in [0.29, 0.717) is 5.56 Å². The van der Waals surface area contributed by atoms with Crippen LogP contribution in [-0.4, -0.2) is 62.5 Å². The lowest BCUT2D eigenvalue weighted by Crippen LogP contribution is -2.63. The predicted octanol–water partition coefficient (Wildman–Crippen LogP) is 9.22. The van der Waals surface area contributed by atoms with Gasteiger partial charge in [-0.1, -0.05) is 114 Å². The molecule has 0 amide bonds. The van der Waals surface area contributed by atoms with Crippen LogP contribution in [-0.2, 0) is 45.0 Å². The van der Waals surface area contributed by atoms with Crippen LogP contribution < -0.4 is 0 Å². The van der Waals surface area contributed by atoms with Gasteiger partial charge in [0.2, 0.25) is 0 Å². The number of Topliss-reactive ketones (excluding diaryl/α,β-unsaturated/α-hetero) is 1. The Hall–Kier alpha value is -3.28. The van der Waals surface area contributed by atoms with Gasteiger partial charge in [-0.3, -0.25) is 4.79 Å². The van der Waals surface area contributed by atoms with Crippen LogP contribution in [0.25, 0.3) is 0 Å². The number of benzene rings is 3. The Balaban J connectivity index is 1.82. The van der Waals surface area contributed by atoms with Crippen LogP contribution in [0.1, 0.15) is 88.4 Å². The zero-order valence-corrected chi connectivity index (χ0v) is 34.2. The summed E-state index contributed by atoms with van der Waals surface area (Å²) in [6, 6.07) is 25.0. The molecule has 0 radical (unpaired) electrons. The second-order valence-corrected chi connectivity index (χ2v) is 22.0. The maximum absolute atomic E-state index is 13.5. The molecule has 4 rings (SSSR count). The summed E-state index contributed by atoms with van der Waals surface area (Å²) in [4.78, 5) is 39.6. The second-order valence-electron chi connectivity index (χ2n) is 16.1. The molecule has 52 heavy (non-hydrogen) atoms. The van der Waals surface area contributed by atoms with Crippen LogP contribution in [0.5, 0.6) is 0 Å². The molecule has 0 unspecified atom stereocenters. The summed E-state index contributed by atoms with van der Waals surface area (Å²) in [6.45, 7) is 20.8. The fraction of sp³-hybridized carbons (Fsp3) is 0.500. The fourth-order valence-corrected chi connectivity index (χ4v) is 8.03. The highest BCUT2D eigenvalue weighted by atomic mass is 32.2. The van der Waals surface area contributed by atoms with E-state index in [2.05, 4.69) is 72.8 Å². The molecule has 1 aliphatic rings. The van der Waals surface area contributed by atoms with Crippen LogP contribution in [0.15, 0.2) is 83.8 Å². The molecule has 1 heterocycles. The summed E-state index contributed by atoms with van der Waals surface area (Å²) in [5.41, 5.74) is 2.68. The van der Waals surface area contributed by atoms with Gasteiger partial charge in [0.15, 0.2) is 14.4 Å². The van der Waals surface area contributed by atoms with Gasteiger partial charge < -0.3 is 28.2 Å².